The van der Waals surface area contributed by atoms with Gasteiger partial charge in [0.25, 0.3) is 5.91 Å². The topological polar surface area (TPSA) is 112 Å². The van der Waals surface area contributed by atoms with E-state index < -0.39 is 11.2 Å². The summed E-state index contributed by atoms with van der Waals surface area (Å²) in [6.07, 6.45) is 4.35. The Morgan fingerprint density at radius 3 is 2.55 bits per heavy atom. The van der Waals surface area contributed by atoms with E-state index in [1.54, 1.807) is 24.3 Å². The Morgan fingerprint density at radius 1 is 1.26 bits per heavy atom. The molecule has 2 aliphatic rings. The van der Waals surface area contributed by atoms with Crippen LogP contribution in [0.3, 0.4) is 0 Å². The van der Waals surface area contributed by atoms with Crippen molar-refractivity contribution in [1.29, 1.82) is 5.26 Å². The van der Waals surface area contributed by atoms with Gasteiger partial charge in [-0.15, -0.1) is 0 Å². The molecule has 2 amide bonds. The number of carbonyl (C=O) groups excluding carboxylic acids is 3. The molecule has 1 aromatic carbocycles. The molecule has 1 aromatic rings. The van der Waals surface area contributed by atoms with Gasteiger partial charge in [-0.1, -0.05) is 24.6 Å². The van der Waals surface area contributed by atoms with Gasteiger partial charge in [0.05, 0.1) is 25.2 Å². The van der Waals surface area contributed by atoms with Crippen LogP contribution in [0.4, 0.5) is 0 Å². The number of amidine groups is 1. The number of esters is 1. The summed E-state index contributed by atoms with van der Waals surface area (Å²) in [6.45, 7) is 2.18. The van der Waals surface area contributed by atoms with Crippen molar-refractivity contribution in [1.82, 2.24) is 10.2 Å². The number of hydrogen-bond acceptors (Lipinski definition) is 6. The standard InChI is InChI=1S/C22H26N4O4S/c1-14-19(21(29)24-12-11-18(27)30-2)31-22(26(14)17-5-3-4-6-17)25-20(28)16-9-7-15(13-23)8-10-16/h7-10,14,17,19H,3-6,11-12H2,1-2H3,(H,24,29). The van der Waals surface area contributed by atoms with Gasteiger partial charge in [-0.05, 0) is 44.0 Å². The van der Waals surface area contributed by atoms with E-state index in [1.165, 1.54) is 18.9 Å². The molecule has 0 bridgehead atoms. The highest BCUT2D eigenvalue weighted by molar-refractivity contribution is 8.15. The second-order valence-corrected chi connectivity index (χ2v) is 8.74. The van der Waals surface area contributed by atoms with Crippen LogP contribution < -0.4 is 5.32 Å². The highest BCUT2D eigenvalue weighted by Gasteiger charge is 2.44. The average Bonchev–Trinajstić information content (AvgIpc) is 3.41. The van der Waals surface area contributed by atoms with Crippen LogP contribution in [0.15, 0.2) is 29.3 Å². The quantitative estimate of drug-likeness (QED) is 0.674. The summed E-state index contributed by atoms with van der Waals surface area (Å²) in [5.74, 6) is -0.954. The summed E-state index contributed by atoms with van der Waals surface area (Å²) >= 11 is 1.29. The average molecular weight is 443 g/mol. The van der Waals surface area contributed by atoms with Crippen molar-refractivity contribution in [3.05, 3.63) is 35.4 Å². The molecule has 2 fully saturated rings. The fourth-order valence-electron chi connectivity index (χ4n) is 3.95. The maximum absolute atomic E-state index is 12.8. The van der Waals surface area contributed by atoms with Gasteiger partial charge in [0, 0.05) is 24.2 Å². The number of methoxy groups -OCH3 is 1. The van der Waals surface area contributed by atoms with E-state index in [4.69, 9.17) is 5.26 Å². The van der Waals surface area contributed by atoms with E-state index in [9.17, 15) is 14.4 Å². The Hall–Kier alpha value is -2.86. The Kier molecular flexibility index (Phi) is 7.69. The van der Waals surface area contributed by atoms with E-state index in [0.717, 1.165) is 25.7 Å². The number of nitrogens with one attached hydrogen (secondary N) is 1. The molecule has 1 N–H and O–H groups in total. The molecule has 1 saturated carbocycles. The summed E-state index contributed by atoms with van der Waals surface area (Å²) in [7, 11) is 1.31. The molecule has 31 heavy (non-hydrogen) atoms. The van der Waals surface area contributed by atoms with Crippen LogP contribution in [0.1, 0.15) is 54.9 Å². The zero-order valence-corrected chi connectivity index (χ0v) is 18.5. The van der Waals surface area contributed by atoms with Gasteiger partial charge >= 0.3 is 5.97 Å². The molecule has 1 aliphatic carbocycles. The number of benzene rings is 1. The molecule has 8 nitrogen and oxygen atoms in total. The predicted octanol–water partition coefficient (Wildman–Crippen LogP) is 2.48. The van der Waals surface area contributed by atoms with Gasteiger partial charge in [-0.3, -0.25) is 14.4 Å². The van der Waals surface area contributed by atoms with Crippen LogP contribution in [0.2, 0.25) is 0 Å². The van der Waals surface area contributed by atoms with Gasteiger partial charge in [0.15, 0.2) is 5.17 Å². The summed E-state index contributed by atoms with van der Waals surface area (Å²) in [5, 5.41) is 11.9. The van der Waals surface area contributed by atoms with Gasteiger partial charge < -0.3 is 15.0 Å². The minimum atomic E-state index is -0.425. The number of nitrogens with zero attached hydrogens (tertiary/aromatic N) is 3. The summed E-state index contributed by atoms with van der Waals surface area (Å²) in [4.78, 5) is 43.3. The Labute approximate surface area is 186 Å². The van der Waals surface area contributed by atoms with Crippen LogP contribution in [0.5, 0.6) is 0 Å². The summed E-state index contributed by atoms with van der Waals surface area (Å²) < 4.78 is 4.60. The molecule has 0 aromatic heterocycles. The van der Waals surface area contributed by atoms with Crippen LogP contribution in [-0.2, 0) is 14.3 Å². The molecule has 0 radical (unpaired) electrons. The highest BCUT2D eigenvalue weighted by atomic mass is 32.2. The molecule has 2 atom stereocenters. The van der Waals surface area contributed by atoms with Crippen molar-refractivity contribution in [2.75, 3.05) is 13.7 Å². The van der Waals surface area contributed by atoms with Crippen molar-refractivity contribution in [3.8, 4) is 6.07 Å². The first-order valence-electron chi connectivity index (χ1n) is 10.4. The second-order valence-electron chi connectivity index (χ2n) is 7.63. The van der Waals surface area contributed by atoms with E-state index in [-0.39, 0.29) is 36.9 Å². The number of ether oxygens (including phenoxy) is 1. The molecular weight excluding hydrogens is 416 g/mol. The van der Waals surface area contributed by atoms with Crippen LogP contribution in [-0.4, -0.2) is 58.8 Å². The summed E-state index contributed by atoms with van der Waals surface area (Å²) in [6, 6.07) is 8.51. The number of amides is 2. The largest absolute Gasteiger partial charge is 0.469 e. The van der Waals surface area contributed by atoms with Crippen molar-refractivity contribution in [2.45, 2.75) is 56.4 Å². The fourth-order valence-corrected chi connectivity index (χ4v) is 5.27. The van der Waals surface area contributed by atoms with Crippen LogP contribution >= 0.6 is 11.8 Å². The third-order valence-electron chi connectivity index (χ3n) is 5.62. The first-order chi connectivity index (χ1) is 14.9. The van der Waals surface area contributed by atoms with Crippen LogP contribution in [0, 0.1) is 11.3 Å². The first kappa shape index (κ1) is 22.8. The number of rotatable bonds is 6. The summed E-state index contributed by atoms with van der Waals surface area (Å²) in [5.41, 5.74) is 0.876. The van der Waals surface area contributed by atoms with Gasteiger partial charge in [0.2, 0.25) is 5.91 Å². The van der Waals surface area contributed by atoms with E-state index >= 15 is 0 Å². The molecule has 1 heterocycles. The van der Waals surface area contributed by atoms with E-state index in [2.05, 4.69) is 19.9 Å². The Bertz CT molecular complexity index is 903. The lowest BCUT2D eigenvalue weighted by atomic mass is 10.1. The molecule has 1 saturated heterocycles. The highest BCUT2D eigenvalue weighted by Crippen LogP contribution is 2.38. The monoisotopic (exact) mass is 442 g/mol. The van der Waals surface area contributed by atoms with Crippen molar-refractivity contribution < 1.29 is 19.1 Å². The SMILES string of the molecule is COC(=O)CCNC(=O)C1SC(=NC(=O)c2ccc(C#N)cc2)N(C2CCCC2)C1C. The van der Waals surface area contributed by atoms with E-state index in [0.29, 0.717) is 16.3 Å². The lowest BCUT2D eigenvalue weighted by Crippen LogP contribution is -2.46. The Balaban J connectivity index is 1.77. The molecule has 1 aliphatic heterocycles. The van der Waals surface area contributed by atoms with E-state index in [1.807, 2.05) is 13.0 Å². The van der Waals surface area contributed by atoms with Crippen molar-refractivity contribution >= 4 is 34.7 Å². The Morgan fingerprint density at radius 2 is 1.94 bits per heavy atom. The van der Waals surface area contributed by atoms with Gasteiger partial charge in [0.1, 0.15) is 5.25 Å². The molecule has 0 spiro atoms. The molecule has 3 rings (SSSR count). The van der Waals surface area contributed by atoms with Gasteiger partial charge in [-0.2, -0.15) is 10.3 Å². The second kappa shape index (κ2) is 10.4. The number of hydrogen-bond donors (Lipinski definition) is 1. The third-order valence-corrected chi connectivity index (χ3v) is 7.00. The molecule has 164 valence electrons. The molecule has 2 unspecified atom stereocenters. The number of thioether (sulfide) groups is 1. The lowest BCUT2D eigenvalue weighted by Gasteiger charge is -2.31. The third kappa shape index (κ3) is 5.44. The molecular formula is C22H26N4O4S. The molecule has 9 heteroatoms. The number of carbonyl (C=O) groups is 3. The first-order valence-corrected chi connectivity index (χ1v) is 11.2. The minimum Gasteiger partial charge on any atom is -0.469 e. The van der Waals surface area contributed by atoms with Gasteiger partial charge in [-0.25, -0.2) is 0 Å². The maximum atomic E-state index is 12.8. The smallest absolute Gasteiger partial charge is 0.307 e. The van der Waals surface area contributed by atoms with Crippen LogP contribution in [0.25, 0.3) is 0 Å². The lowest BCUT2D eigenvalue weighted by molar-refractivity contribution is -0.140. The zero-order valence-electron chi connectivity index (χ0n) is 17.7. The van der Waals surface area contributed by atoms with Crippen molar-refractivity contribution in [2.24, 2.45) is 4.99 Å². The predicted molar refractivity (Wildman–Crippen MR) is 118 cm³/mol. The minimum absolute atomic E-state index is 0.110. The normalized spacial score (nSPS) is 22.4. The van der Waals surface area contributed by atoms with Crippen molar-refractivity contribution in [3.63, 3.8) is 0 Å². The zero-order chi connectivity index (χ0) is 22.4. The maximum Gasteiger partial charge on any atom is 0.307 e. The number of nitriles is 1. The fraction of sp³-hybridized carbons (Fsp3) is 0.500. The number of aliphatic imine (C=N–C) groups is 1.